The third-order valence-corrected chi connectivity index (χ3v) is 5.21. The van der Waals surface area contributed by atoms with Gasteiger partial charge in [-0.05, 0) is 28.3 Å². The van der Waals surface area contributed by atoms with E-state index >= 15 is 0 Å². The van der Waals surface area contributed by atoms with Crippen molar-refractivity contribution in [2.75, 3.05) is 0 Å². The molecule has 2 atom stereocenters. The molecular formula is C27H25N3. The van der Waals surface area contributed by atoms with Gasteiger partial charge < -0.3 is 11.5 Å². The van der Waals surface area contributed by atoms with Crippen LogP contribution in [0.1, 0.15) is 28.8 Å². The van der Waals surface area contributed by atoms with Crippen LogP contribution in [-0.4, -0.2) is 5.84 Å². The molecule has 0 saturated carbocycles. The molecule has 0 aliphatic carbocycles. The summed E-state index contributed by atoms with van der Waals surface area (Å²) in [6.45, 7) is 0. The molecule has 148 valence electrons. The first-order valence-electron chi connectivity index (χ1n) is 10.1. The molecule has 0 amide bonds. The molecule has 4 aromatic rings. The zero-order chi connectivity index (χ0) is 20.8. The van der Waals surface area contributed by atoms with Gasteiger partial charge >= 0.3 is 0 Å². The summed E-state index contributed by atoms with van der Waals surface area (Å²) >= 11 is 0. The monoisotopic (exact) mass is 391 g/mol. The molecule has 0 aliphatic rings. The molecule has 0 aromatic heterocycles. The molecule has 30 heavy (non-hydrogen) atoms. The zero-order valence-corrected chi connectivity index (χ0v) is 16.7. The highest BCUT2D eigenvalue weighted by atomic mass is 14.9. The van der Waals surface area contributed by atoms with Crippen molar-refractivity contribution >= 4 is 5.84 Å². The van der Waals surface area contributed by atoms with E-state index in [0.717, 1.165) is 27.8 Å². The van der Waals surface area contributed by atoms with E-state index in [-0.39, 0.29) is 12.1 Å². The lowest BCUT2D eigenvalue weighted by atomic mass is 9.92. The van der Waals surface area contributed by atoms with Crippen molar-refractivity contribution in [1.82, 2.24) is 0 Å². The smallest absolute Gasteiger partial charge is 0.126 e. The van der Waals surface area contributed by atoms with Gasteiger partial charge in [-0.1, -0.05) is 109 Å². The van der Waals surface area contributed by atoms with Crippen molar-refractivity contribution in [2.24, 2.45) is 16.5 Å². The van der Waals surface area contributed by atoms with Crippen LogP contribution >= 0.6 is 0 Å². The quantitative estimate of drug-likeness (QED) is 0.337. The van der Waals surface area contributed by atoms with E-state index in [9.17, 15) is 0 Å². The van der Waals surface area contributed by atoms with Crippen LogP contribution in [0.2, 0.25) is 0 Å². The van der Waals surface area contributed by atoms with Crippen molar-refractivity contribution in [3.63, 3.8) is 0 Å². The summed E-state index contributed by atoms with van der Waals surface area (Å²) in [5.41, 5.74) is 18.4. The third kappa shape index (κ3) is 4.48. The molecule has 4 aromatic carbocycles. The van der Waals surface area contributed by atoms with Crippen LogP contribution < -0.4 is 11.5 Å². The van der Waals surface area contributed by atoms with Crippen molar-refractivity contribution in [1.29, 1.82) is 0 Å². The average molecular weight is 392 g/mol. The van der Waals surface area contributed by atoms with Gasteiger partial charge in [0, 0.05) is 5.56 Å². The van der Waals surface area contributed by atoms with Gasteiger partial charge in [0.15, 0.2) is 0 Å². The fourth-order valence-electron chi connectivity index (χ4n) is 3.58. The van der Waals surface area contributed by atoms with Crippen LogP contribution in [0.5, 0.6) is 0 Å². The molecule has 1 unspecified atom stereocenters. The average Bonchev–Trinajstić information content (AvgIpc) is 2.83. The summed E-state index contributed by atoms with van der Waals surface area (Å²) in [4.78, 5) is 4.87. The molecule has 0 aliphatic heterocycles. The topological polar surface area (TPSA) is 64.4 Å². The second-order valence-electron chi connectivity index (χ2n) is 7.25. The SMILES string of the molecule is NC(=N[C@H](c1ccccc1)C(N)c1cccc(-c2ccccc2)c1)c1ccccc1. The van der Waals surface area contributed by atoms with Gasteiger partial charge in [0.1, 0.15) is 5.84 Å². The molecule has 4 N–H and O–H groups in total. The molecule has 0 bridgehead atoms. The van der Waals surface area contributed by atoms with Crippen LogP contribution in [0, 0.1) is 0 Å². The standard InChI is InChI=1S/C27H25N3/c28-25(24-18-10-17-23(19-24)20-11-4-1-5-12-20)26(21-13-6-2-7-14-21)30-27(29)22-15-8-3-9-16-22/h1-19,25-26H,28H2,(H2,29,30)/t25?,26-/m1/s1. The predicted molar refractivity (Wildman–Crippen MR) is 125 cm³/mol. The molecule has 3 heteroatoms. The Kier molecular flexibility index (Phi) is 6.02. The molecule has 0 spiro atoms. The number of amidine groups is 1. The largest absolute Gasteiger partial charge is 0.383 e. The van der Waals surface area contributed by atoms with Gasteiger partial charge in [0.05, 0.1) is 12.1 Å². The molecule has 4 rings (SSSR count). The summed E-state index contributed by atoms with van der Waals surface area (Å²) < 4.78 is 0. The summed E-state index contributed by atoms with van der Waals surface area (Å²) in [5.74, 6) is 0.485. The highest BCUT2D eigenvalue weighted by molar-refractivity contribution is 5.97. The van der Waals surface area contributed by atoms with Gasteiger partial charge in [-0.15, -0.1) is 0 Å². The predicted octanol–water partition coefficient (Wildman–Crippen LogP) is 5.50. The zero-order valence-electron chi connectivity index (χ0n) is 16.7. The minimum Gasteiger partial charge on any atom is -0.383 e. The highest BCUT2D eigenvalue weighted by Gasteiger charge is 2.22. The van der Waals surface area contributed by atoms with E-state index in [1.165, 1.54) is 0 Å². The molecule has 0 fully saturated rings. The Bertz CT molecular complexity index is 1110. The van der Waals surface area contributed by atoms with Crippen molar-refractivity contribution in [3.8, 4) is 11.1 Å². The lowest BCUT2D eigenvalue weighted by molar-refractivity contribution is 0.577. The van der Waals surface area contributed by atoms with E-state index in [4.69, 9.17) is 16.5 Å². The van der Waals surface area contributed by atoms with Gasteiger partial charge in [-0.2, -0.15) is 0 Å². The second-order valence-corrected chi connectivity index (χ2v) is 7.25. The fraction of sp³-hybridized carbons (Fsp3) is 0.0741. The van der Waals surface area contributed by atoms with Crippen molar-refractivity contribution < 1.29 is 0 Å². The Morgan fingerprint density at radius 3 is 1.80 bits per heavy atom. The van der Waals surface area contributed by atoms with E-state index in [2.05, 4.69) is 30.3 Å². The van der Waals surface area contributed by atoms with Crippen LogP contribution in [0.4, 0.5) is 0 Å². The molecular weight excluding hydrogens is 366 g/mol. The third-order valence-electron chi connectivity index (χ3n) is 5.21. The first kappa shape index (κ1) is 19.6. The molecule has 0 heterocycles. The lowest BCUT2D eigenvalue weighted by Crippen LogP contribution is -2.23. The summed E-state index contributed by atoms with van der Waals surface area (Å²) in [5, 5.41) is 0. The van der Waals surface area contributed by atoms with Gasteiger partial charge in [0.25, 0.3) is 0 Å². The second kappa shape index (κ2) is 9.21. The summed E-state index contributed by atoms with van der Waals surface area (Å²) in [6, 6.07) is 37.9. The number of nitrogens with zero attached hydrogens (tertiary/aromatic N) is 1. The Morgan fingerprint density at radius 2 is 1.13 bits per heavy atom. The fourth-order valence-corrected chi connectivity index (χ4v) is 3.58. The van der Waals surface area contributed by atoms with Crippen LogP contribution in [-0.2, 0) is 0 Å². The molecule has 0 radical (unpaired) electrons. The van der Waals surface area contributed by atoms with Crippen LogP contribution in [0.15, 0.2) is 120 Å². The van der Waals surface area contributed by atoms with Crippen LogP contribution in [0.25, 0.3) is 11.1 Å². The number of aliphatic imine (C=N–C) groups is 1. The van der Waals surface area contributed by atoms with E-state index < -0.39 is 0 Å². The molecule has 0 saturated heterocycles. The summed E-state index contributed by atoms with van der Waals surface area (Å²) in [6.07, 6.45) is 0. The first-order chi connectivity index (χ1) is 14.7. The highest BCUT2D eigenvalue weighted by Crippen LogP contribution is 2.32. The van der Waals surface area contributed by atoms with Gasteiger partial charge in [-0.3, -0.25) is 4.99 Å². The Balaban J connectivity index is 1.73. The molecule has 3 nitrogen and oxygen atoms in total. The normalized spacial score (nSPS) is 13.6. The number of hydrogen-bond acceptors (Lipinski definition) is 2. The van der Waals surface area contributed by atoms with Crippen molar-refractivity contribution in [3.05, 3.63) is 132 Å². The van der Waals surface area contributed by atoms with E-state index in [0.29, 0.717) is 5.84 Å². The number of benzene rings is 4. The minimum atomic E-state index is -0.335. The number of nitrogens with two attached hydrogens (primary N) is 2. The van der Waals surface area contributed by atoms with Crippen molar-refractivity contribution in [2.45, 2.75) is 12.1 Å². The minimum absolute atomic E-state index is 0.294. The lowest BCUT2D eigenvalue weighted by Gasteiger charge is -2.23. The Morgan fingerprint density at radius 1 is 0.600 bits per heavy atom. The van der Waals surface area contributed by atoms with Crippen LogP contribution in [0.3, 0.4) is 0 Å². The Labute approximate surface area is 177 Å². The van der Waals surface area contributed by atoms with E-state index in [1.54, 1.807) is 0 Å². The van der Waals surface area contributed by atoms with Gasteiger partial charge in [-0.25, -0.2) is 0 Å². The first-order valence-corrected chi connectivity index (χ1v) is 10.1. The maximum Gasteiger partial charge on any atom is 0.126 e. The summed E-state index contributed by atoms with van der Waals surface area (Å²) in [7, 11) is 0. The number of rotatable bonds is 6. The Hall–Kier alpha value is -3.69. The number of hydrogen-bond donors (Lipinski definition) is 2. The van der Waals surface area contributed by atoms with Gasteiger partial charge in [0.2, 0.25) is 0 Å². The maximum atomic E-state index is 6.78. The van der Waals surface area contributed by atoms with E-state index in [1.807, 2.05) is 84.9 Å². The maximum absolute atomic E-state index is 6.78.